The monoisotopic (exact) mass is 250 g/mol. The first-order chi connectivity index (χ1) is 8.21. The first-order valence-corrected chi connectivity index (χ1v) is 7.04. The second-order valence-corrected chi connectivity index (χ2v) is 5.52. The van der Waals surface area contributed by atoms with Gasteiger partial charge in [0.2, 0.25) is 0 Å². The van der Waals surface area contributed by atoms with E-state index in [1.807, 2.05) is 6.26 Å². The molecule has 0 aromatic carbocycles. The minimum atomic E-state index is -0.710. The fraction of sp³-hybridized carbons (Fsp3) is 0.583. The van der Waals surface area contributed by atoms with Crippen LogP contribution in [0.1, 0.15) is 25.0 Å². The molecule has 2 fully saturated rings. The molecule has 4 nitrogen and oxygen atoms in total. The summed E-state index contributed by atoms with van der Waals surface area (Å²) >= 11 is 1.45. The van der Waals surface area contributed by atoms with Gasteiger partial charge in [-0.2, -0.15) is 0 Å². The van der Waals surface area contributed by atoms with Crippen LogP contribution in [-0.2, 0) is 10.2 Å². The largest absolute Gasteiger partial charge is 0.481 e. The first kappa shape index (κ1) is 11.0. The average molecular weight is 250 g/mol. The lowest BCUT2D eigenvalue weighted by Gasteiger charge is -2.15. The Morgan fingerprint density at radius 2 is 2.24 bits per heavy atom. The van der Waals surface area contributed by atoms with Crippen LogP contribution in [0, 0.1) is 11.8 Å². The van der Waals surface area contributed by atoms with Crippen LogP contribution in [0.15, 0.2) is 17.4 Å². The van der Waals surface area contributed by atoms with E-state index in [0.717, 1.165) is 19.3 Å². The molecule has 2 saturated carbocycles. The van der Waals surface area contributed by atoms with Crippen molar-refractivity contribution in [1.82, 2.24) is 9.97 Å². The second kappa shape index (κ2) is 3.70. The Balaban J connectivity index is 2.03. The van der Waals surface area contributed by atoms with Crippen LogP contribution < -0.4 is 0 Å². The summed E-state index contributed by atoms with van der Waals surface area (Å²) in [6.07, 6.45) is 6.78. The smallest absolute Gasteiger partial charge is 0.316 e. The Morgan fingerprint density at radius 1 is 1.53 bits per heavy atom. The van der Waals surface area contributed by atoms with E-state index in [1.165, 1.54) is 11.8 Å². The van der Waals surface area contributed by atoms with Gasteiger partial charge in [-0.1, -0.05) is 18.2 Å². The fourth-order valence-corrected chi connectivity index (χ4v) is 3.79. The van der Waals surface area contributed by atoms with Gasteiger partial charge in [0.05, 0.1) is 5.69 Å². The SMILES string of the molecule is CSc1nccc(C2(C(=O)O)[C@@H]3CCC[C@@H]32)n1. The highest BCUT2D eigenvalue weighted by molar-refractivity contribution is 7.98. The molecule has 2 aliphatic carbocycles. The molecule has 17 heavy (non-hydrogen) atoms. The maximum Gasteiger partial charge on any atom is 0.316 e. The van der Waals surface area contributed by atoms with Gasteiger partial charge in [0.25, 0.3) is 0 Å². The van der Waals surface area contributed by atoms with Crippen LogP contribution in [0.5, 0.6) is 0 Å². The van der Waals surface area contributed by atoms with Crippen molar-refractivity contribution in [2.45, 2.75) is 29.8 Å². The number of aromatic nitrogens is 2. The Morgan fingerprint density at radius 3 is 2.82 bits per heavy atom. The molecule has 0 aliphatic heterocycles. The van der Waals surface area contributed by atoms with E-state index in [2.05, 4.69) is 9.97 Å². The van der Waals surface area contributed by atoms with Crippen LogP contribution >= 0.6 is 11.8 Å². The molecule has 90 valence electrons. The summed E-state index contributed by atoms with van der Waals surface area (Å²) in [5.41, 5.74) is 0.00475. The maximum absolute atomic E-state index is 11.6. The third-order valence-corrected chi connectivity index (χ3v) is 4.73. The lowest BCUT2D eigenvalue weighted by Crippen LogP contribution is -2.27. The minimum Gasteiger partial charge on any atom is -0.481 e. The molecule has 2 aliphatic rings. The molecule has 0 spiro atoms. The summed E-state index contributed by atoms with van der Waals surface area (Å²) < 4.78 is 0. The van der Waals surface area contributed by atoms with Crippen molar-refractivity contribution in [1.29, 1.82) is 0 Å². The van der Waals surface area contributed by atoms with Crippen molar-refractivity contribution in [2.75, 3.05) is 6.26 Å². The summed E-state index contributed by atoms with van der Waals surface area (Å²) in [7, 11) is 0. The molecule has 5 heteroatoms. The molecule has 1 aromatic rings. The Kier molecular flexibility index (Phi) is 2.40. The van der Waals surface area contributed by atoms with Gasteiger partial charge in [0.15, 0.2) is 5.16 Å². The lowest BCUT2D eigenvalue weighted by molar-refractivity contribution is -0.141. The van der Waals surface area contributed by atoms with E-state index >= 15 is 0 Å². The van der Waals surface area contributed by atoms with Gasteiger partial charge >= 0.3 is 5.97 Å². The molecule has 0 saturated heterocycles. The van der Waals surface area contributed by atoms with Crippen LogP contribution in [0.3, 0.4) is 0 Å². The fourth-order valence-electron chi connectivity index (χ4n) is 3.43. The Bertz CT molecular complexity index is 467. The van der Waals surface area contributed by atoms with Crippen molar-refractivity contribution in [3.63, 3.8) is 0 Å². The topological polar surface area (TPSA) is 63.1 Å². The standard InChI is InChI=1S/C12H14N2O2S/c1-17-11-13-6-5-9(14-11)12(10(15)16)7-3-2-4-8(7)12/h5-8H,2-4H2,1H3,(H,15,16)/t7-,8+,12?. The summed E-state index contributed by atoms with van der Waals surface area (Å²) in [5.74, 6) is -0.118. The number of carboxylic acid groups (broad SMARTS) is 1. The van der Waals surface area contributed by atoms with Gasteiger partial charge in [-0.15, -0.1) is 0 Å². The summed E-state index contributed by atoms with van der Waals surface area (Å²) in [6, 6.07) is 1.77. The van der Waals surface area contributed by atoms with Crippen molar-refractivity contribution in [2.24, 2.45) is 11.8 Å². The average Bonchev–Trinajstić information content (AvgIpc) is 2.73. The number of hydrogen-bond acceptors (Lipinski definition) is 4. The second-order valence-electron chi connectivity index (χ2n) is 4.75. The Labute approximate surface area is 104 Å². The van der Waals surface area contributed by atoms with Crippen molar-refractivity contribution in [3.05, 3.63) is 18.0 Å². The molecule has 1 N–H and O–H groups in total. The molecule has 0 amide bonds. The molecule has 1 aromatic heterocycles. The third-order valence-electron chi connectivity index (χ3n) is 4.17. The van der Waals surface area contributed by atoms with Gasteiger partial charge in [-0.3, -0.25) is 4.79 Å². The number of hydrogen-bond donors (Lipinski definition) is 1. The van der Waals surface area contributed by atoms with Gasteiger partial charge in [-0.25, -0.2) is 9.97 Å². The van der Waals surface area contributed by atoms with Gasteiger partial charge in [0.1, 0.15) is 5.41 Å². The quantitative estimate of drug-likeness (QED) is 0.656. The van der Waals surface area contributed by atoms with E-state index < -0.39 is 11.4 Å². The molecule has 1 unspecified atom stereocenters. The number of rotatable bonds is 3. The lowest BCUT2D eigenvalue weighted by atomic mass is 9.92. The number of aliphatic carboxylic acids is 1. The molecule has 0 bridgehead atoms. The number of carbonyl (C=O) groups is 1. The van der Waals surface area contributed by atoms with E-state index in [4.69, 9.17) is 0 Å². The number of nitrogens with zero attached hydrogens (tertiary/aromatic N) is 2. The van der Waals surface area contributed by atoms with Crippen LogP contribution in [0.2, 0.25) is 0 Å². The van der Waals surface area contributed by atoms with Crippen LogP contribution in [0.25, 0.3) is 0 Å². The highest BCUT2D eigenvalue weighted by atomic mass is 32.2. The Hall–Kier alpha value is -1.10. The minimum absolute atomic E-state index is 0.296. The van der Waals surface area contributed by atoms with E-state index in [0.29, 0.717) is 22.7 Å². The van der Waals surface area contributed by atoms with Crippen LogP contribution in [0.4, 0.5) is 0 Å². The molecule has 0 radical (unpaired) electrons. The van der Waals surface area contributed by atoms with Crippen molar-refractivity contribution >= 4 is 17.7 Å². The summed E-state index contributed by atoms with van der Waals surface area (Å²) in [4.78, 5) is 20.1. The highest BCUT2D eigenvalue weighted by Crippen LogP contribution is 2.67. The maximum atomic E-state index is 11.6. The van der Waals surface area contributed by atoms with E-state index in [9.17, 15) is 9.90 Å². The molecule has 3 rings (SSSR count). The highest BCUT2D eigenvalue weighted by Gasteiger charge is 2.72. The zero-order valence-electron chi connectivity index (χ0n) is 9.59. The van der Waals surface area contributed by atoms with E-state index in [-0.39, 0.29) is 0 Å². The van der Waals surface area contributed by atoms with E-state index in [1.54, 1.807) is 12.3 Å². The van der Waals surface area contributed by atoms with Gasteiger partial charge in [-0.05, 0) is 37.0 Å². The number of fused-ring (bicyclic) bond motifs is 1. The predicted octanol–water partition coefficient (Wildman–Crippen LogP) is 1.95. The number of thioether (sulfide) groups is 1. The normalized spacial score (nSPS) is 34.4. The zero-order chi connectivity index (χ0) is 12.0. The van der Waals surface area contributed by atoms with Crippen molar-refractivity contribution < 1.29 is 9.90 Å². The molecular formula is C12H14N2O2S. The molecule has 1 heterocycles. The molecule has 3 atom stereocenters. The zero-order valence-corrected chi connectivity index (χ0v) is 10.4. The number of carboxylic acids is 1. The first-order valence-electron chi connectivity index (χ1n) is 5.82. The van der Waals surface area contributed by atoms with Crippen LogP contribution in [-0.4, -0.2) is 27.3 Å². The molecular weight excluding hydrogens is 236 g/mol. The summed E-state index contributed by atoms with van der Waals surface area (Å²) in [5, 5.41) is 10.2. The van der Waals surface area contributed by atoms with Crippen molar-refractivity contribution in [3.8, 4) is 0 Å². The third kappa shape index (κ3) is 1.35. The summed E-state index contributed by atoms with van der Waals surface area (Å²) in [6.45, 7) is 0. The van der Waals surface area contributed by atoms with Gasteiger partial charge in [0, 0.05) is 6.20 Å². The predicted molar refractivity (Wildman–Crippen MR) is 64.0 cm³/mol. The van der Waals surface area contributed by atoms with Gasteiger partial charge < -0.3 is 5.11 Å².